The highest BCUT2D eigenvalue weighted by Gasteiger charge is 2.24. The number of phenolic OH excluding ortho intramolecular Hbond substituents is 1. The molecule has 0 bridgehead atoms. The highest BCUT2D eigenvalue weighted by Crippen LogP contribution is 2.34. The molecule has 1 aliphatic rings. The molecule has 0 saturated carbocycles. The van der Waals surface area contributed by atoms with Crippen LogP contribution in [-0.2, 0) is 27.2 Å². The summed E-state index contributed by atoms with van der Waals surface area (Å²) in [6.45, 7) is 5.18. The number of methoxy groups -OCH3 is 1. The largest absolute Gasteiger partial charge is 0.507 e. The minimum atomic E-state index is -0.487. The molecule has 0 amide bonds. The second kappa shape index (κ2) is 11.5. The van der Waals surface area contributed by atoms with Crippen molar-refractivity contribution in [3.63, 3.8) is 0 Å². The maximum absolute atomic E-state index is 14.2. The quantitative estimate of drug-likeness (QED) is 0.273. The lowest BCUT2D eigenvalue weighted by Gasteiger charge is -2.36. The van der Waals surface area contributed by atoms with Crippen LogP contribution in [0.25, 0.3) is 11.0 Å². The molecule has 192 valence electrons. The monoisotopic (exact) mass is 498 g/mol. The fourth-order valence-corrected chi connectivity index (χ4v) is 4.53. The van der Waals surface area contributed by atoms with Crippen LogP contribution >= 0.6 is 0 Å². The Labute approximate surface area is 208 Å². The zero-order valence-corrected chi connectivity index (χ0v) is 20.6. The highest BCUT2D eigenvalue weighted by molar-refractivity contribution is 5.86. The molecule has 4 rings (SSSR count). The van der Waals surface area contributed by atoms with Crippen molar-refractivity contribution in [3.8, 4) is 5.75 Å². The van der Waals surface area contributed by atoms with Crippen LogP contribution in [0.5, 0.6) is 5.75 Å². The van der Waals surface area contributed by atoms with Crippen molar-refractivity contribution in [2.75, 3.05) is 51.4 Å². The smallest absolute Gasteiger partial charge is 0.336 e. The number of anilines is 1. The number of hydrogen-bond donors (Lipinski definition) is 1. The average Bonchev–Trinajstić information content (AvgIpc) is 2.86. The number of nitrogens with zero attached hydrogens (tertiary/aromatic N) is 2. The minimum absolute atomic E-state index is 0.0116. The predicted octanol–water partition coefficient (Wildman–Crippen LogP) is 3.39. The van der Waals surface area contributed by atoms with Crippen molar-refractivity contribution in [3.05, 3.63) is 69.3 Å². The molecule has 2 aromatic carbocycles. The molecule has 0 aliphatic carbocycles. The molecule has 2 heterocycles. The van der Waals surface area contributed by atoms with Gasteiger partial charge in [-0.2, -0.15) is 0 Å². The first-order valence-electron chi connectivity index (χ1n) is 12.0. The number of aryl methyl sites for hydroxylation is 2. The lowest BCUT2D eigenvalue weighted by molar-refractivity contribution is -0.144. The number of hydrogen-bond acceptors (Lipinski definition) is 8. The van der Waals surface area contributed by atoms with E-state index >= 15 is 0 Å². The number of phenols is 1. The van der Waals surface area contributed by atoms with Gasteiger partial charge in [0.05, 0.1) is 17.9 Å². The van der Waals surface area contributed by atoms with Crippen molar-refractivity contribution in [1.82, 2.24) is 4.90 Å². The topological polar surface area (TPSA) is 92.5 Å². The molecule has 0 unspecified atom stereocenters. The van der Waals surface area contributed by atoms with E-state index in [0.29, 0.717) is 61.7 Å². The molecule has 3 aromatic rings. The van der Waals surface area contributed by atoms with E-state index < -0.39 is 5.63 Å². The van der Waals surface area contributed by atoms with Crippen LogP contribution in [0.1, 0.15) is 23.1 Å². The molecule has 0 spiro atoms. The van der Waals surface area contributed by atoms with Gasteiger partial charge in [-0.15, -0.1) is 0 Å². The number of para-hydroxylation sites is 1. The Bertz CT molecular complexity index is 1280. The average molecular weight is 499 g/mol. The van der Waals surface area contributed by atoms with Crippen molar-refractivity contribution in [2.24, 2.45) is 0 Å². The lowest BCUT2D eigenvalue weighted by Crippen LogP contribution is -2.46. The van der Waals surface area contributed by atoms with Crippen LogP contribution in [0.3, 0.4) is 0 Å². The molecule has 0 radical (unpaired) electrons. The maximum atomic E-state index is 14.2. The first kappa shape index (κ1) is 25.7. The molecule has 1 saturated heterocycles. The Morgan fingerprint density at radius 2 is 1.89 bits per heavy atom. The van der Waals surface area contributed by atoms with Gasteiger partial charge in [-0.1, -0.05) is 12.1 Å². The van der Waals surface area contributed by atoms with Crippen LogP contribution in [0.15, 0.2) is 45.6 Å². The summed E-state index contributed by atoms with van der Waals surface area (Å²) in [5, 5.41) is 11.9. The highest BCUT2D eigenvalue weighted by atomic mass is 19.1. The van der Waals surface area contributed by atoms with Crippen molar-refractivity contribution in [1.29, 1.82) is 0 Å². The van der Waals surface area contributed by atoms with Gasteiger partial charge in [-0.3, -0.25) is 9.69 Å². The van der Waals surface area contributed by atoms with E-state index in [9.17, 15) is 19.1 Å². The Kier molecular flexibility index (Phi) is 8.22. The summed E-state index contributed by atoms with van der Waals surface area (Å²) in [5.41, 5.74) is 2.26. The first-order chi connectivity index (χ1) is 17.4. The SMILES string of the molecule is COCCOC(=O)CCc1cc2c(C)cc(=O)oc2c(CN2CCN(c3ccccc3F)CC2)c1O. The van der Waals surface area contributed by atoms with E-state index in [1.807, 2.05) is 17.9 Å². The number of aromatic hydroxyl groups is 1. The van der Waals surface area contributed by atoms with Gasteiger partial charge >= 0.3 is 11.6 Å². The molecular formula is C27H31FN2O6. The number of esters is 1. The summed E-state index contributed by atoms with van der Waals surface area (Å²) < 4.78 is 29.8. The molecule has 1 fully saturated rings. The number of ether oxygens (including phenoxy) is 2. The maximum Gasteiger partial charge on any atom is 0.336 e. The Balaban J connectivity index is 1.55. The summed E-state index contributed by atoms with van der Waals surface area (Å²) in [7, 11) is 1.53. The number of halogens is 1. The van der Waals surface area contributed by atoms with Gasteiger partial charge in [-0.05, 0) is 42.7 Å². The summed E-state index contributed by atoms with van der Waals surface area (Å²) in [6, 6.07) is 9.90. The van der Waals surface area contributed by atoms with Gasteiger partial charge in [-0.25, -0.2) is 9.18 Å². The number of benzene rings is 2. The third-order valence-corrected chi connectivity index (χ3v) is 6.49. The van der Waals surface area contributed by atoms with Gasteiger partial charge in [0, 0.05) is 57.7 Å². The van der Waals surface area contributed by atoms with Gasteiger partial charge in [0.2, 0.25) is 0 Å². The van der Waals surface area contributed by atoms with Crippen LogP contribution in [0.2, 0.25) is 0 Å². The van der Waals surface area contributed by atoms with Gasteiger partial charge in [0.1, 0.15) is 23.8 Å². The second-order valence-corrected chi connectivity index (χ2v) is 8.92. The summed E-state index contributed by atoms with van der Waals surface area (Å²) in [4.78, 5) is 28.4. The third-order valence-electron chi connectivity index (χ3n) is 6.49. The van der Waals surface area contributed by atoms with Crippen LogP contribution < -0.4 is 10.5 Å². The fourth-order valence-electron chi connectivity index (χ4n) is 4.53. The number of fused-ring (bicyclic) bond motifs is 1. The number of piperazine rings is 1. The van der Waals surface area contributed by atoms with Crippen molar-refractivity contribution < 1.29 is 28.2 Å². The Morgan fingerprint density at radius 1 is 1.14 bits per heavy atom. The van der Waals surface area contributed by atoms with Gasteiger partial charge in [0.15, 0.2) is 0 Å². The van der Waals surface area contributed by atoms with Crippen molar-refractivity contribution >= 4 is 22.6 Å². The van der Waals surface area contributed by atoms with Crippen molar-refractivity contribution in [2.45, 2.75) is 26.3 Å². The van der Waals surface area contributed by atoms with Crippen LogP contribution in [0.4, 0.5) is 10.1 Å². The number of rotatable bonds is 9. The van der Waals surface area contributed by atoms with E-state index in [4.69, 9.17) is 13.9 Å². The normalized spacial score (nSPS) is 14.4. The Hall–Kier alpha value is -3.43. The lowest BCUT2D eigenvalue weighted by atomic mass is 9.98. The molecule has 1 aromatic heterocycles. The molecule has 1 N–H and O–H groups in total. The standard InChI is InChI=1S/C27H31FN2O6/c1-18-15-25(32)36-27-20(18)16-19(7-8-24(31)35-14-13-34-2)26(33)21(27)17-29-9-11-30(12-10-29)23-6-4-3-5-22(23)28/h3-6,15-16,33H,7-14,17H2,1-2H3. The molecular weight excluding hydrogens is 467 g/mol. The zero-order valence-electron chi connectivity index (χ0n) is 20.6. The van der Waals surface area contributed by atoms with E-state index in [-0.39, 0.29) is 37.0 Å². The van der Waals surface area contributed by atoms with Gasteiger partial charge < -0.3 is 23.9 Å². The van der Waals surface area contributed by atoms with E-state index in [2.05, 4.69) is 4.90 Å². The van der Waals surface area contributed by atoms with E-state index in [1.165, 1.54) is 19.2 Å². The van der Waals surface area contributed by atoms with Crippen LogP contribution in [-0.4, -0.2) is 62.5 Å². The third kappa shape index (κ3) is 5.85. The molecule has 0 atom stereocenters. The van der Waals surface area contributed by atoms with Crippen LogP contribution in [0, 0.1) is 12.7 Å². The molecule has 1 aliphatic heterocycles. The Morgan fingerprint density at radius 3 is 2.61 bits per heavy atom. The number of carbonyl (C=O) groups excluding carboxylic acids is 1. The van der Waals surface area contributed by atoms with Gasteiger partial charge in [0.25, 0.3) is 0 Å². The second-order valence-electron chi connectivity index (χ2n) is 8.92. The minimum Gasteiger partial charge on any atom is -0.507 e. The zero-order chi connectivity index (χ0) is 25.7. The predicted molar refractivity (Wildman–Crippen MR) is 134 cm³/mol. The molecule has 36 heavy (non-hydrogen) atoms. The molecule has 9 heteroatoms. The summed E-state index contributed by atoms with van der Waals surface area (Å²) >= 11 is 0. The fraction of sp³-hybridized carbons (Fsp3) is 0.407. The van der Waals surface area contributed by atoms with E-state index in [1.54, 1.807) is 18.2 Å². The summed E-state index contributed by atoms with van der Waals surface area (Å²) in [6.07, 6.45) is 0.375. The summed E-state index contributed by atoms with van der Waals surface area (Å²) in [5.74, 6) is -0.619. The number of carbonyl (C=O) groups is 1. The molecule has 8 nitrogen and oxygen atoms in total. The first-order valence-corrected chi connectivity index (χ1v) is 12.0. The van der Waals surface area contributed by atoms with E-state index in [0.717, 1.165) is 10.9 Å².